The van der Waals surface area contributed by atoms with Gasteiger partial charge in [0, 0.05) is 31.2 Å². The van der Waals surface area contributed by atoms with Crippen molar-refractivity contribution in [2.45, 2.75) is 18.7 Å². The third kappa shape index (κ3) is 3.76. The molecule has 0 bridgehead atoms. The van der Waals surface area contributed by atoms with Crippen molar-refractivity contribution in [3.05, 3.63) is 22.7 Å². The van der Waals surface area contributed by atoms with E-state index < -0.39 is 16.1 Å². The van der Waals surface area contributed by atoms with Gasteiger partial charge < -0.3 is 14.4 Å². The van der Waals surface area contributed by atoms with Gasteiger partial charge in [-0.05, 0) is 31.5 Å². The predicted octanol–water partition coefficient (Wildman–Crippen LogP) is 2.12. The van der Waals surface area contributed by atoms with Crippen LogP contribution in [-0.4, -0.2) is 63.6 Å². The molecule has 0 spiro atoms. The van der Waals surface area contributed by atoms with E-state index in [1.54, 1.807) is 19.9 Å². The number of carbonyl (C=O) groups is 1. The first-order valence-corrected chi connectivity index (χ1v) is 9.39. The minimum Gasteiger partial charge on any atom is -0.495 e. The molecule has 1 aliphatic heterocycles. The molecule has 0 aliphatic carbocycles. The van der Waals surface area contributed by atoms with E-state index in [-0.39, 0.29) is 43.4 Å². The van der Waals surface area contributed by atoms with Crippen LogP contribution in [0.5, 0.6) is 5.75 Å². The van der Waals surface area contributed by atoms with Gasteiger partial charge in [0.1, 0.15) is 10.6 Å². The van der Waals surface area contributed by atoms with Crippen molar-refractivity contribution >= 4 is 27.7 Å². The van der Waals surface area contributed by atoms with Gasteiger partial charge in [-0.25, -0.2) is 13.2 Å². The fraction of sp³-hybridized carbons (Fsp3) is 0.533. The zero-order valence-corrected chi connectivity index (χ0v) is 15.5. The summed E-state index contributed by atoms with van der Waals surface area (Å²) in [5, 5.41) is 0.361. The fourth-order valence-corrected chi connectivity index (χ4v) is 4.28. The van der Waals surface area contributed by atoms with Crippen LogP contribution >= 0.6 is 11.6 Å². The van der Waals surface area contributed by atoms with Crippen LogP contribution in [0.2, 0.25) is 5.02 Å². The lowest BCUT2D eigenvalue weighted by Crippen LogP contribution is -2.50. The Morgan fingerprint density at radius 2 is 1.88 bits per heavy atom. The largest absolute Gasteiger partial charge is 0.495 e. The van der Waals surface area contributed by atoms with E-state index >= 15 is 0 Å². The molecule has 0 aromatic heterocycles. The first-order valence-electron chi connectivity index (χ1n) is 7.57. The van der Waals surface area contributed by atoms with E-state index in [1.165, 1.54) is 22.4 Å². The van der Waals surface area contributed by atoms with Crippen LogP contribution in [0.1, 0.15) is 12.5 Å². The molecule has 24 heavy (non-hydrogen) atoms. The minimum atomic E-state index is -3.76. The topological polar surface area (TPSA) is 76.2 Å². The van der Waals surface area contributed by atoms with E-state index in [0.717, 1.165) is 5.56 Å². The lowest BCUT2D eigenvalue weighted by molar-refractivity contribution is 0.0934. The van der Waals surface area contributed by atoms with E-state index in [9.17, 15) is 13.2 Å². The second kappa shape index (κ2) is 7.58. The van der Waals surface area contributed by atoms with Crippen molar-refractivity contribution in [3.8, 4) is 5.75 Å². The van der Waals surface area contributed by atoms with Gasteiger partial charge in [-0.3, -0.25) is 0 Å². The van der Waals surface area contributed by atoms with Gasteiger partial charge in [0.05, 0.1) is 13.7 Å². The number of methoxy groups -OCH3 is 1. The maximum absolute atomic E-state index is 12.9. The molecule has 1 heterocycles. The molecule has 0 radical (unpaired) electrons. The highest BCUT2D eigenvalue weighted by atomic mass is 35.5. The monoisotopic (exact) mass is 376 g/mol. The number of ether oxygens (including phenoxy) is 2. The summed E-state index contributed by atoms with van der Waals surface area (Å²) < 4.78 is 37.2. The molecule has 7 nitrogen and oxygen atoms in total. The number of rotatable bonds is 4. The van der Waals surface area contributed by atoms with Gasteiger partial charge in [0.2, 0.25) is 10.0 Å². The molecule has 1 aliphatic rings. The Labute approximate surface area is 147 Å². The molecule has 1 amide bonds. The summed E-state index contributed by atoms with van der Waals surface area (Å²) in [7, 11) is -2.34. The summed E-state index contributed by atoms with van der Waals surface area (Å²) in [6.07, 6.45) is -0.425. The zero-order chi connectivity index (χ0) is 17.9. The van der Waals surface area contributed by atoms with E-state index in [1.807, 2.05) is 0 Å². The highest BCUT2D eigenvalue weighted by Crippen LogP contribution is 2.32. The van der Waals surface area contributed by atoms with Crippen LogP contribution in [0, 0.1) is 6.92 Å². The van der Waals surface area contributed by atoms with Crippen molar-refractivity contribution < 1.29 is 22.7 Å². The number of halogens is 1. The molecule has 9 heteroatoms. The van der Waals surface area contributed by atoms with Crippen LogP contribution in [0.4, 0.5) is 4.79 Å². The lowest BCUT2D eigenvalue weighted by atomic mass is 10.2. The molecule has 134 valence electrons. The second-order valence-electron chi connectivity index (χ2n) is 5.34. The van der Waals surface area contributed by atoms with Crippen molar-refractivity contribution in [1.82, 2.24) is 9.21 Å². The van der Waals surface area contributed by atoms with Crippen molar-refractivity contribution in [1.29, 1.82) is 0 Å². The summed E-state index contributed by atoms with van der Waals surface area (Å²) in [4.78, 5) is 13.2. The molecule has 1 saturated heterocycles. The molecule has 0 saturated carbocycles. The van der Waals surface area contributed by atoms with Crippen LogP contribution in [0.25, 0.3) is 0 Å². The summed E-state index contributed by atoms with van der Waals surface area (Å²) in [5.74, 6) is 0.254. The lowest BCUT2D eigenvalue weighted by Gasteiger charge is -2.33. The van der Waals surface area contributed by atoms with E-state index in [2.05, 4.69) is 0 Å². The smallest absolute Gasteiger partial charge is 0.409 e. The Morgan fingerprint density at radius 1 is 1.25 bits per heavy atom. The number of nitrogens with zero attached hydrogens (tertiary/aromatic N) is 2. The molecule has 1 aromatic carbocycles. The first kappa shape index (κ1) is 18.8. The molecule has 0 atom stereocenters. The highest BCUT2D eigenvalue weighted by molar-refractivity contribution is 7.89. The van der Waals surface area contributed by atoms with Gasteiger partial charge in [0.15, 0.2) is 0 Å². The number of carbonyl (C=O) groups excluding carboxylic acids is 1. The molecule has 1 fully saturated rings. The third-order valence-corrected chi connectivity index (χ3v) is 6.15. The molecule has 2 rings (SSSR count). The van der Waals surface area contributed by atoms with Crippen molar-refractivity contribution in [3.63, 3.8) is 0 Å². The van der Waals surface area contributed by atoms with Gasteiger partial charge in [-0.2, -0.15) is 4.31 Å². The van der Waals surface area contributed by atoms with E-state index in [0.29, 0.717) is 5.02 Å². The molecule has 1 aromatic rings. The third-order valence-electron chi connectivity index (χ3n) is 3.83. The normalized spacial score (nSPS) is 16.1. The summed E-state index contributed by atoms with van der Waals surface area (Å²) >= 11 is 6.08. The zero-order valence-electron chi connectivity index (χ0n) is 13.9. The quantitative estimate of drug-likeness (QED) is 0.804. The highest BCUT2D eigenvalue weighted by Gasteiger charge is 2.32. The fourth-order valence-electron chi connectivity index (χ4n) is 2.46. The Balaban J connectivity index is 2.21. The molecule has 0 N–H and O–H groups in total. The van der Waals surface area contributed by atoms with Gasteiger partial charge in [-0.1, -0.05) is 11.6 Å². The van der Waals surface area contributed by atoms with Gasteiger partial charge >= 0.3 is 6.09 Å². The van der Waals surface area contributed by atoms with Crippen LogP contribution in [0.3, 0.4) is 0 Å². The number of hydrogen-bond acceptors (Lipinski definition) is 5. The number of piperazine rings is 1. The standard InChI is InChI=1S/C15H21ClN2O5S/c1-4-23-15(19)17-5-7-18(8-6-17)24(20,21)14-10-12(16)11(2)9-13(14)22-3/h9-10H,4-8H2,1-3H3. The molecule has 0 unspecified atom stereocenters. The maximum atomic E-state index is 12.9. The Bertz CT molecular complexity index is 715. The average Bonchev–Trinajstić information content (AvgIpc) is 2.57. The Hall–Kier alpha value is -1.51. The van der Waals surface area contributed by atoms with Gasteiger partial charge in [-0.15, -0.1) is 0 Å². The predicted molar refractivity (Wildman–Crippen MR) is 90.1 cm³/mol. The van der Waals surface area contributed by atoms with Gasteiger partial charge in [0.25, 0.3) is 0 Å². The molecular formula is C15H21ClN2O5S. The summed E-state index contributed by atoms with van der Waals surface area (Å²) in [5.41, 5.74) is 0.736. The Morgan fingerprint density at radius 3 is 2.42 bits per heavy atom. The number of aryl methyl sites for hydroxylation is 1. The van der Waals surface area contributed by atoms with Crippen LogP contribution in [-0.2, 0) is 14.8 Å². The van der Waals surface area contributed by atoms with Crippen molar-refractivity contribution in [2.75, 3.05) is 39.9 Å². The number of hydrogen-bond donors (Lipinski definition) is 0. The SMILES string of the molecule is CCOC(=O)N1CCN(S(=O)(=O)c2cc(Cl)c(C)cc2OC)CC1. The van der Waals surface area contributed by atoms with Crippen LogP contribution in [0.15, 0.2) is 17.0 Å². The summed E-state index contributed by atoms with van der Waals surface area (Å²) in [6, 6.07) is 3.01. The van der Waals surface area contributed by atoms with Crippen molar-refractivity contribution in [2.24, 2.45) is 0 Å². The number of benzene rings is 1. The number of amides is 1. The van der Waals surface area contributed by atoms with Crippen LogP contribution < -0.4 is 4.74 Å². The first-order chi connectivity index (χ1) is 11.3. The number of sulfonamides is 1. The minimum absolute atomic E-state index is 0.0326. The Kier molecular flexibility index (Phi) is 5.95. The second-order valence-corrected chi connectivity index (χ2v) is 7.66. The average molecular weight is 377 g/mol. The summed E-state index contributed by atoms with van der Waals surface area (Å²) in [6.45, 7) is 4.73. The molecular weight excluding hydrogens is 356 g/mol. The van der Waals surface area contributed by atoms with E-state index in [4.69, 9.17) is 21.1 Å². The maximum Gasteiger partial charge on any atom is 0.409 e.